The van der Waals surface area contributed by atoms with Crippen molar-refractivity contribution in [3.8, 4) is 11.1 Å². The largest absolute Gasteiger partial charge is 0.481 e. The van der Waals surface area contributed by atoms with E-state index >= 15 is 0 Å². The van der Waals surface area contributed by atoms with Crippen molar-refractivity contribution in [2.24, 2.45) is 0 Å². The zero-order valence-electron chi connectivity index (χ0n) is 20.9. The van der Waals surface area contributed by atoms with Crippen LogP contribution in [0.5, 0.6) is 0 Å². The lowest BCUT2D eigenvalue weighted by Crippen LogP contribution is -2.41. The van der Waals surface area contributed by atoms with E-state index in [0.717, 1.165) is 11.1 Å². The van der Waals surface area contributed by atoms with Crippen LogP contribution >= 0.6 is 11.6 Å². The first kappa shape index (κ1) is 29.8. The summed E-state index contributed by atoms with van der Waals surface area (Å²) in [5.41, 5.74) is 2.23. The standard InChI is InChI=1S/C28H29ClN2O7S/c29-22-12-8-19(9-13-22)20-10-14-23(15-11-20)39(37,38)31-25(28(35)36)7-4-18-30-26(32)17-16-24(27(33)34)21-5-2-1-3-6-21/h1-3,5-6,8-15,24-25,31H,4,7,16-18H2,(H,30,32)(H,33,34)(H,35,36). The highest BCUT2D eigenvalue weighted by Crippen LogP contribution is 2.24. The third kappa shape index (κ3) is 8.91. The van der Waals surface area contributed by atoms with Gasteiger partial charge in [0.1, 0.15) is 6.04 Å². The molecule has 39 heavy (non-hydrogen) atoms. The van der Waals surface area contributed by atoms with Gasteiger partial charge in [-0.05, 0) is 60.2 Å². The Bertz CT molecular complexity index is 1380. The molecule has 0 aliphatic rings. The Morgan fingerprint density at radius 1 is 0.795 bits per heavy atom. The van der Waals surface area contributed by atoms with E-state index in [1.54, 1.807) is 66.7 Å². The van der Waals surface area contributed by atoms with Crippen LogP contribution in [0.3, 0.4) is 0 Å². The number of nitrogens with one attached hydrogen (secondary N) is 2. The van der Waals surface area contributed by atoms with E-state index < -0.39 is 33.9 Å². The predicted molar refractivity (Wildman–Crippen MR) is 147 cm³/mol. The number of rotatable bonds is 14. The van der Waals surface area contributed by atoms with Crippen molar-refractivity contribution in [2.75, 3.05) is 6.54 Å². The Morgan fingerprint density at radius 3 is 1.95 bits per heavy atom. The molecule has 0 aromatic heterocycles. The van der Waals surface area contributed by atoms with Gasteiger partial charge in [-0.2, -0.15) is 4.72 Å². The van der Waals surface area contributed by atoms with Crippen LogP contribution in [0, 0.1) is 0 Å². The van der Waals surface area contributed by atoms with Gasteiger partial charge in [0.25, 0.3) is 0 Å². The molecular weight excluding hydrogens is 544 g/mol. The average Bonchev–Trinajstić information content (AvgIpc) is 2.91. The number of carboxylic acids is 2. The van der Waals surface area contributed by atoms with Crippen molar-refractivity contribution in [2.45, 2.75) is 42.5 Å². The molecule has 2 atom stereocenters. The van der Waals surface area contributed by atoms with E-state index in [1.165, 1.54) is 12.1 Å². The first-order valence-corrected chi connectivity index (χ1v) is 14.1. The minimum Gasteiger partial charge on any atom is -0.481 e. The quantitative estimate of drug-likeness (QED) is 0.210. The van der Waals surface area contributed by atoms with Gasteiger partial charge in [0.05, 0.1) is 10.8 Å². The number of carbonyl (C=O) groups excluding carboxylic acids is 1. The molecule has 0 radical (unpaired) electrons. The molecule has 0 spiro atoms. The third-order valence-corrected chi connectivity index (χ3v) is 7.83. The van der Waals surface area contributed by atoms with Gasteiger partial charge in [-0.25, -0.2) is 8.42 Å². The molecule has 0 saturated carbocycles. The molecule has 1 amide bonds. The number of halogens is 1. The summed E-state index contributed by atoms with van der Waals surface area (Å²) in [5.74, 6) is -3.55. The fourth-order valence-corrected chi connectivity index (χ4v) is 5.32. The van der Waals surface area contributed by atoms with Crippen LogP contribution in [0.25, 0.3) is 11.1 Å². The highest BCUT2D eigenvalue weighted by molar-refractivity contribution is 7.89. The van der Waals surface area contributed by atoms with Crippen LogP contribution in [-0.2, 0) is 24.4 Å². The SMILES string of the molecule is O=C(CCC(C(=O)O)c1ccccc1)NCCCC(NS(=O)(=O)c1ccc(-c2ccc(Cl)cc2)cc1)C(=O)O. The second kappa shape index (κ2) is 13.9. The highest BCUT2D eigenvalue weighted by Gasteiger charge is 2.25. The lowest BCUT2D eigenvalue weighted by molar-refractivity contribution is -0.140. The van der Waals surface area contributed by atoms with Crippen molar-refractivity contribution in [3.63, 3.8) is 0 Å². The topological polar surface area (TPSA) is 150 Å². The molecule has 0 aliphatic carbocycles. The van der Waals surface area contributed by atoms with Crippen LogP contribution in [-0.4, -0.2) is 49.1 Å². The lowest BCUT2D eigenvalue weighted by atomic mass is 9.94. The van der Waals surface area contributed by atoms with Gasteiger partial charge in [-0.3, -0.25) is 14.4 Å². The summed E-state index contributed by atoms with van der Waals surface area (Å²) in [6.45, 7) is 0.114. The molecule has 2 unspecified atom stereocenters. The number of benzene rings is 3. The molecule has 0 heterocycles. The van der Waals surface area contributed by atoms with Crippen LogP contribution in [0.4, 0.5) is 0 Å². The number of aliphatic carboxylic acids is 2. The van der Waals surface area contributed by atoms with Crippen molar-refractivity contribution >= 4 is 39.5 Å². The highest BCUT2D eigenvalue weighted by atomic mass is 35.5. The second-order valence-corrected chi connectivity index (χ2v) is 11.0. The number of sulfonamides is 1. The van der Waals surface area contributed by atoms with Crippen LogP contribution in [0.2, 0.25) is 5.02 Å². The van der Waals surface area contributed by atoms with Gasteiger partial charge in [-0.1, -0.05) is 66.2 Å². The molecule has 0 bridgehead atoms. The van der Waals surface area contributed by atoms with E-state index in [1.807, 2.05) is 0 Å². The third-order valence-electron chi connectivity index (χ3n) is 6.09. The molecule has 0 aliphatic heterocycles. The molecule has 4 N–H and O–H groups in total. The summed E-state index contributed by atoms with van der Waals surface area (Å²) in [7, 11) is -4.11. The lowest BCUT2D eigenvalue weighted by Gasteiger charge is -2.16. The number of carbonyl (C=O) groups is 3. The first-order valence-electron chi connectivity index (χ1n) is 12.2. The Morgan fingerprint density at radius 2 is 1.38 bits per heavy atom. The van der Waals surface area contributed by atoms with Crippen LogP contribution in [0.15, 0.2) is 83.8 Å². The van der Waals surface area contributed by atoms with E-state index in [-0.39, 0.29) is 43.0 Å². The molecule has 3 aromatic carbocycles. The number of hydrogen-bond donors (Lipinski definition) is 4. The molecule has 3 rings (SSSR count). The van der Waals surface area contributed by atoms with E-state index in [9.17, 15) is 33.0 Å². The van der Waals surface area contributed by atoms with Gasteiger partial charge < -0.3 is 15.5 Å². The van der Waals surface area contributed by atoms with Gasteiger partial charge in [0, 0.05) is 18.0 Å². The average molecular weight is 573 g/mol. The zero-order valence-corrected chi connectivity index (χ0v) is 22.5. The molecule has 0 fully saturated rings. The fraction of sp³-hybridized carbons (Fsp3) is 0.250. The first-order chi connectivity index (χ1) is 18.6. The van der Waals surface area contributed by atoms with E-state index in [2.05, 4.69) is 10.0 Å². The second-order valence-electron chi connectivity index (χ2n) is 8.88. The minimum absolute atomic E-state index is 0.0210. The number of hydrogen-bond acceptors (Lipinski definition) is 5. The summed E-state index contributed by atoms with van der Waals surface area (Å²) < 4.78 is 27.8. The maximum atomic E-state index is 12.8. The number of carboxylic acid groups (broad SMARTS) is 2. The fourth-order valence-electron chi connectivity index (χ4n) is 3.97. The van der Waals surface area contributed by atoms with Crippen molar-refractivity contribution in [3.05, 3.63) is 89.4 Å². The predicted octanol–water partition coefficient (Wildman–Crippen LogP) is 4.28. The Hall–Kier alpha value is -3.73. The molecular formula is C28H29ClN2O7S. The summed E-state index contributed by atoms with van der Waals surface area (Å²) in [4.78, 5) is 35.4. The molecule has 3 aromatic rings. The summed E-state index contributed by atoms with van der Waals surface area (Å²) >= 11 is 5.90. The maximum Gasteiger partial charge on any atom is 0.321 e. The summed E-state index contributed by atoms with van der Waals surface area (Å²) in [5, 5.41) is 22.2. The van der Waals surface area contributed by atoms with Gasteiger partial charge >= 0.3 is 11.9 Å². The van der Waals surface area contributed by atoms with Crippen molar-refractivity contribution in [1.82, 2.24) is 10.0 Å². The van der Waals surface area contributed by atoms with Crippen LogP contribution in [0.1, 0.15) is 37.2 Å². The monoisotopic (exact) mass is 572 g/mol. The van der Waals surface area contributed by atoms with Crippen molar-refractivity contribution in [1.29, 1.82) is 0 Å². The van der Waals surface area contributed by atoms with Gasteiger partial charge in [-0.15, -0.1) is 0 Å². The van der Waals surface area contributed by atoms with E-state index in [0.29, 0.717) is 10.6 Å². The Kier molecular flexibility index (Phi) is 10.6. The normalized spacial score (nSPS) is 12.8. The van der Waals surface area contributed by atoms with Crippen molar-refractivity contribution < 1.29 is 33.0 Å². The minimum atomic E-state index is -4.11. The molecule has 206 valence electrons. The van der Waals surface area contributed by atoms with Gasteiger partial charge in [0.15, 0.2) is 0 Å². The summed E-state index contributed by atoms with van der Waals surface area (Å²) in [6, 6.07) is 20.3. The zero-order chi connectivity index (χ0) is 28.4. The van der Waals surface area contributed by atoms with Crippen LogP contribution < -0.4 is 10.0 Å². The Balaban J connectivity index is 1.49. The maximum absolute atomic E-state index is 12.8. The molecule has 9 nitrogen and oxygen atoms in total. The smallest absolute Gasteiger partial charge is 0.321 e. The summed E-state index contributed by atoms with van der Waals surface area (Å²) in [6.07, 6.45) is 0.230. The Labute approximate surface area is 231 Å². The molecule has 11 heteroatoms. The number of amides is 1. The molecule has 0 saturated heterocycles. The van der Waals surface area contributed by atoms with Gasteiger partial charge in [0.2, 0.25) is 15.9 Å². The van der Waals surface area contributed by atoms with E-state index in [4.69, 9.17) is 11.6 Å².